The number of aliphatic hydroxyl groups excluding tert-OH is 2. The van der Waals surface area contributed by atoms with Crippen molar-refractivity contribution in [2.75, 3.05) is 90.6 Å². The van der Waals surface area contributed by atoms with E-state index in [0.717, 1.165) is 11.4 Å². The number of morpholine rings is 2. The molecule has 0 spiro atoms. The number of para-hydroxylation sites is 4. The molecule has 250 valence electrons. The molecule has 2 unspecified atom stereocenters. The van der Waals surface area contributed by atoms with Gasteiger partial charge in [0.05, 0.1) is 49.2 Å². The van der Waals surface area contributed by atoms with Crippen LogP contribution < -0.4 is 20.8 Å². The van der Waals surface area contributed by atoms with Crippen LogP contribution in [0.25, 0.3) is 0 Å². The Bertz CT molecular complexity index is 1270. The summed E-state index contributed by atoms with van der Waals surface area (Å²) in [4.78, 5) is 51.9. The predicted molar refractivity (Wildman–Crippen MR) is 171 cm³/mol. The summed E-state index contributed by atoms with van der Waals surface area (Å²) in [6, 6.07) is 15.0. The van der Waals surface area contributed by atoms with Gasteiger partial charge in [0.25, 0.3) is 11.6 Å². The number of anilines is 2. The number of guanidine groups is 2. The largest absolute Gasteiger partial charge is 0.378 e. The number of hydrogen-bond acceptors (Lipinski definition) is 12. The van der Waals surface area contributed by atoms with Gasteiger partial charge in [-0.3, -0.25) is 9.59 Å². The summed E-state index contributed by atoms with van der Waals surface area (Å²) in [5.74, 6) is -2.62. The molecular weight excluding hydrogens is 600 g/mol. The molecule has 16 nitrogen and oxygen atoms in total. The fourth-order valence-corrected chi connectivity index (χ4v) is 4.48. The molecule has 2 fully saturated rings. The molecule has 4 rings (SSSR count). The van der Waals surface area contributed by atoms with Gasteiger partial charge in [-0.25, -0.2) is 30.6 Å². The number of hydrogen-bond donors (Lipinski definition) is 4. The zero-order chi connectivity index (χ0) is 33.1. The normalized spacial score (nSPS) is 17.3. The summed E-state index contributed by atoms with van der Waals surface area (Å²) < 4.78 is 10.9. The summed E-state index contributed by atoms with van der Waals surface area (Å²) in [6.45, 7) is 5.19. The van der Waals surface area contributed by atoms with Gasteiger partial charge in [-0.15, -0.1) is 0 Å². The highest BCUT2D eigenvalue weighted by molar-refractivity contribution is 6.39. The van der Waals surface area contributed by atoms with Crippen molar-refractivity contribution in [1.82, 2.24) is 20.8 Å². The van der Waals surface area contributed by atoms with E-state index in [-0.39, 0.29) is 11.9 Å². The third kappa shape index (κ3) is 9.35. The van der Waals surface area contributed by atoms with Crippen LogP contribution in [0.5, 0.6) is 0 Å². The van der Waals surface area contributed by atoms with Gasteiger partial charge in [-0.05, 0) is 24.3 Å². The average Bonchev–Trinajstić information content (AvgIpc) is 3.08. The van der Waals surface area contributed by atoms with Gasteiger partial charge in [0, 0.05) is 54.4 Å². The number of nitrogens with one attached hydrogen (secondary N) is 2. The molecule has 2 saturated heterocycles. The van der Waals surface area contributed by atoms with Gasteiger partial charge in [0.2, 0.25) is 24.5 Å². The molecule has 0 aliphatic carbocycles. The maximum atomic E-state index is 12.6. The fraction of sp³-hybridized carbons (Fsp3) is 0.467. The number of rotatable bonds is 11. The molecule has 0 aromatic heterocycles. The van der Waals surface area contributed by atoms with Crippen LogP contribution in [-0.4, -0.2) is 137 Å². The van der Waals surface area contributed by atoms with E-state index in [1.54, 1.807) is 38.0 Å². The highest BCUT2D eigenvalue weighted by atomic mass is 16.7. The molecule has 0 amide bonds. The molecular formula is C30H42N8O8. The number of nitrogens with zero attached hydrogens (tertiary/aromatic N) is 6. The summed E-state index contributed by atoms with van der Waals surface area (Å²) in [7, 11) is 6.72. The van der Waals surface area contributed by atoms with Crippen LogP contribution in [0.3, 0.4) is 0 Å². The maximum Gasteiger partial charge on any atom is 0.261 e. The Labute approximate surface area is 267 Å². The Morgan fingerprint density at radius 1 is 0.696 bits per heavy atom. The van der Waals surface area contributed by atoms with Crippen molar-refractivity contribution >= 4 is 46.2 Å². The Morgan fingerprint density at radius 2 is 1.04 bits per heavy atom. The van der Waals surface area contributed by atoms with Gasteiger partial charge in [0.15, 0.2) is 0 Å². The summed E-state index contributed by atoms with van der Waals surface area (Å²) in [5, 5.41) is 20.6. The number of Topliss-reactive ketones (excluding diaryl/α,β-unsaturated/α-hetero) is 2. The van der Waals surface area contributed by atoms with E-state index >= 15 is 0 Å². The van der Waals surface area contributed by atoms with Crippen molar-refractivity contribution in [3.05, 3.63) is 48.5 Å². The highest BCUT2D eigenvalue weighted by Crippen LogP contribution is 2.30. The first-order valence-electron chi connectivity index (χ1n) is 14.8. The van der Waals surface area contributed by atoms with Crippen molar-refractivity contribution in [2.24, 2.45) is 9.98 Å². The number of ether oxygens (including phenoxy) is 2. The summed E-state index contributed by atoms with van der Waals surface area (Å²) >= 11 is 0. The average molecular weight is 643 g/mol. The van der Waals surface area contributed by atoms with E-state index in [9.17, 15) is 19.8 Å². The van der Waals surface area contributed by atoms with Crippen LogP contribution in [0.4, 0.5) is 22.7 Å². The van der Waals surface area contributed by atoms with Crippen molar-refractivity contribution in [2.45, 2.75) is 12.6 Å². The Balaban J connectivity index is 1.36. The lowest BCUT2D eigenvalue weighted by molar-refractivity contribution is -0.185. The SMILES string of the molecule is CN(C)C(=Nc1ccccc1N1CCOCC1)NOC(O)C(=O)C(=O)C(O)ONC(=Nc1ccccc1N1CCOCC1)N(C)C. The molecule has 16 heteroatoms. The standard InChI is InChI=1S/C30H42N8O8/c1-35(2)29(31-21-9-5-7-11-23(21)37-13-17-43-18-14-37)33-45-27(41)25(39)26(40)28(42)46-34-30(36(3)4)32-22-10-6-8-12-24(22)38-15-19-44-20-16-38/h5-12,27-28,41-42H,13-20H2,1-4H3,(H,31,33)(H,32,34). The number of aliphatic imine (C=N–C) groups is 2. The second kappa shape index (κ2) is 16.8. The predicted octanol–water partition coefficient (Wildman–Crippen LogP) is -0.0244. The molecule has 0 radical (unpaired) electrons. The molecule has 0 saturated carbocycles. The zero-order valence-corrected chi connectivity index (χ0v) is 26.5. The number of carbonyl (C=O) groups is 2. The van der Waals surface area contributed by atoms with E-state index < -0.39 is 24.1 Å². The Hall–Kier alpha value is -4.32. The fourth-order valence-electron chi connectivity index (χ4n) is 4.48. The van der Waals surface area contributed by atoms with Crippen molar-refractivity contribution in [3.8, 4) is 0 Å². The first kappa shape index (κ1) is 34.6. The topological polar surface area (TPSA) is 173 Å². The van der Waals surface area contributed by atoms with Crippen molar-refractivity contribution in [3.63, 3.8) is 0 Å². The van der Waals surface area contributed by atoms with Crippen LogP contribution in [0.15, 0.2) is 58.5 Å². The quantitative estimate of drug-likeness (QED) is 0.0847. The number of ketones is 2. The lowest BCUT2D eigenvalue weighted by Gasteiger charge is -2.30. The lowest BCUT2D eigenvalue weighted by atomic mass is 10.2. The van der Waals surface area contributed by atoms with E-state index in [0.29, 0.717) is 64.0 Å². The smallest absolute Gasteiger partial charge is 0.261 e. The third-order valence-electron chi connectivity index (χ3n) is 6.98. The molecule has 2 atom stereocenters. The second-order valence-corrected chi connectivity index (χ2v) is 10.7. The van der Waals surface area contributed by atoms with Gasteiger partial charge in [-0.1, -0.05) is 24.3 Å². The molecule has 2 aliphatic rings. The van der Waals surface area contributed by atoms with Gasteiger partial charge < -0.3 is 39.3 Å². The molecule has 46 heavy (non-hydrogen) atoms. The third-order valence-corrected chi connectivity index (χ3v) is 6.98. The Kier molecular flexibility index (Phi) is 12.6. The highest BCUT2D eigenvalue weighted by Gasteiger charge is 2.32. The van der Waals surface area contributed by atoms with Gasteiger partial charge >= 0.3 is 0 Å². The zero-order valence-electron chi connectivity index (χ0n) is 26.5. The van der Waals surface area contributed by atoms with E-state index in [2.05, 4.69) is 30.7 Å². The Morgan fingerprint density at radius 3 is 1.39 bits per heavy atom. The van der Waals surface area contributed by atoms with Crippen LogP contribution >= 0.6 is 0 Å². The van der Waals surface area contributed by atoms with Crippen molar-refractivity contribution < 1.29 is 39.0 Å². The monoisotopic (exact) mass is 642 g/mol. The number of carbonyl (C=O) groups excluding carboxylic acids is 2. The van der Waals surface area contributed by atoms with Crippen molar-refractivity contribution in [1.29, 1.82) is 0 Å². The summed E-state index contributed by atoms with van der Waals surface area (Å²) in [6.07, 6.45) is -4.54. The van der Waals surface area contributed by atoms with E-state index in [4.69, 9.17) is 19.1 Å². The van der Waals surface area contributed by atoms with Gasteiger partial charge in [-0.2, -0.15) is 0 Å². The van der Waals surface area contributed by atoms with E-state index in [1.165, 1.54) is 0 Å². The number of benzene rings is 2. The molecule has 2 heterocycles. The minimum absolute atomic E-state index is 0.141. The second-order valence-electron chi connectivity index (χ2n) is 10.7. The first-order valence-corrected chi connectivity index (χ1v) is 14.8. The lowest BCUT2D eigenvalue weighted by Crippen LogP contribution is -2.47. The molecule has 0 bridgehead atoms. The minimum atomic E-state index is -2.27. The molecule has 2 aromatic carbocycles. The van der Waals surface area contributed by atoms with Crippen LogP contribution in [-0.2, 0) is 28.7 Å². The van der Waals surface area contributed by atoms with E-state index in [1.807, 2.05) is 48.5 Å². The molecule has 2 aromatic rings. The van der Waals surface area contributed by atoms with Crippen LogP contribution in [0, 0.1) is 0 Å². The maximum absolute atomic E-state index is 12.6. The number of hydroxylamine groups is 2. The number of aliphatic hydroxyl groups is 2. The van der Waals surface area contributed by atoms with Crippen LogP contribution in [0.2, 0.25) is 0 Å². The molecule has 4 N–H and O–H groups in total. The first-order chi connectivity index (χ1) is 22.2. The van der Waals surface area contributed by atoms with Crippen LogP contribution in [0.1, 0.15) is 0 Å². The van der Waals surface area contributed by atoms with Gasteiger partial charge in [0.1, 0.15) is 0 Å². The summed E-state index contributed by atoms with van der Waals surface area (Å²) in [5.41, 5.74) is 7.83. The minimum Gasteiger partial charge on any atom is -0.378 e. The molecule has 2 aliphatic heterocycles.